The number of rotatable bonds is 5. The lowest BCUT2D eigenvalue weighted by Crippen LogP contribution is -2.36. The number of carbonyl (C=O) groups is 2. The van der Waals surface area contributed by atoms with Crippen LogP contribution < -0.4 is 16.1 Å². The van der Waals surface area contributed by atoms with Gasteiger partial charge >= 0.3 is 12.1 Å². The maximum atomic E-state index is 13.5. The highest BCUT2D eigenvalue weighted by Crippen LogP contribution is 2.41. The van der Waals surface area contributed by atoms with Crippen molar-refractivity contribution < 1.29 is 27.6 Å². The first-order valence-corrected chi connectivity index (χ1v) is 12.5. The summed E-state index contributed by atoms with van der Waals surface area (Å²) in [6, 6.07) is 10.4. The first-order valence-electron chi connectivity index (χ1n) is 11.3. The number of carbonyl (C=O) groups excluding carboxylic acids is 2. The third kappa shape index (κ3) is 4.81. The Morgan fingerprint density at radius 2 is 2.00 bits per heavy atom. The molecule has 4 aromatic rings. The molecule has 10 nitrogen and oxygen atoms in total. The monoisotopic (exact) mass is 623 g/mol. The van der Waals surface area contributed by atoms with Gasteiger partial charge in [-0.05, 0) is 46.1 Å². The Hall–Kier alpha value is -4.04. The number of alkyl halides is 3. The first kappa shape index (κ1) is 26.6. The van der Waals surface area contributed by atoms with Gasteiger partial charge in [0.1, 0.15) is 10.2 Å². The number of fused-ring (bicyclic) bond motifs is 2. The van der Waals surface area contributed by atoms with Crippen molar-refractivity contribution in [2.24, 2.45) is 0 Å². The SMILES string of the molecule is CC(NC(=O)c1c(N)nn2c1N(OC(=O)C(F)(F)F)C=CC2)c1cc(Cl)c2c(Br)n[nH]c2c1-c1ccccc1. The van der Waals surface area contributed by atoms with Crippen molar-refractivity contribution in [2.45, 2.75) is 25.7 Å². The van der Waals surface area contributed by atoms with Gasteiger partial charge in [-0.3, -0.25) is 9.89 Å². The van der Waals surface area contributed by atoms with Crippen LogP contribution in [0.15, 0.2) is 53.3 Å². The number of hydrogen-bond acceptors (Lipinski definition) is 7. The zero-order chi connectivity index (χ0) is 28.1. The van der Waals surface area contributed by atoms with Crippen LogP contribution >= 0.6 is 27.5 Å². The van der Waals surface area contributed by atoms with Crippen molar-refractivity contribution in [1.82, 2.24) is 25.3 Å². The zero-order valence-corrected chi connectivity index (χ0v) is 22.2. The Morgan fingerprint density at radius 3 is 2.69 bits per heavy atom. The zero-order valence-electron chi connectivity index (χ0n) is 19.9. The van der Waals surface area contributed by atoms with E-state index in [1.807, 2.05) is 30.3 Å². The quantitative estimate of drug-likeness (QED) is 0.276. The number of nitrogen functional groups attached to an aromatic ring is 1. The first-order chi connectivity index (χ1) is 18.5. The molecule has 39 heavy (non-hydrogen) atoms. The summed E-state index contributed by atoms with van der Waals surface area (Å²) in [4.78, 5) is 29.5. The number of aromatic nitrogens is 4. The molecule has 3 heterocycles. The van der Waals surface area contributed by atoms with Crippen LogP contribution in [0.1, 0.15) is 28.9 Å². The number of nitrogens with two attached hydrogens (primary N) is 1. The van der Waals surface area contributed by atoms with E-state index in [1.54, 1.807) is 13.0 Å². The van der Waals surface area contributed by atoms with Crippen LogP contribution in [-0.4, -0.2) is 38.0 Å². The summed E-state index contributed by atoms with van der Waals surface area (Å²) in [5.74, 6) is -3.72. The van der Waals surface area contributed by atoms with Gasteiger partial charge in [0.2, 0.25) is 0 Å². The summed E-state index contributed by atoms with van der Waals surface area (Å²) >= 11 is 9.98. The van der Waals surface area contributed by atoms with Gasteiger partial charge in [0.15, 0.2) is 11.6 Å². The van der Waals surface area contributed by atoms with E-state index in [-0.39, 0.29) is 23.7 Å². The second kappa shape index (κ2) is 9.93. The number of hydroxylamine groups is 1. The van der Waals surface area contributed by atoms with Gasteiger partial charge in [0.05, 0.1) is 28.5 Å². The van der Waals surface area contributed by atoms with Gasteiger partial charge in [0, 0.05) is 11.8 Å². The van der Waals surface area contributed by atoms with E-state index in [2.05, 4.69) is 41.4 Å². The predicted octanol–water partition coefficient (Wildman–Crippen LogP) is 5.27. The fourth-order valence-corrected chi connectivity index (χ4v) is 5.23. The molecule has 0 fully saturated rings. The van der Waals surface area contributed by atoms with Crippen LogP contribution in [0.3, 0.4) is 0 Å². The molecule has 1 atom stereocenters. The molecule has 1 amide bonds. The number of aromatic amines is 1. The molecule has 202 valence electrons. The topological polar surface area (TPSA) is 131 Å². The molecule has 4 N–H and O–H groups in total. The number of H-pyrrole nitrogens is 1. The number of nitrogens with one attached hydrogen (secondary N) is 2. The Kier molecular flexibility index (Phi) is 6.76. The van der Waals surface area contributed by atoms with Crippen LogP contribution in [0.5, 0.6) is 0 Å². The van der Waals surface area contributed by atoms with Crippen LogP contribution in [-0.2, 0) is 16.2 Å². The van der Waals surface area contributed by atoms with E-state index in [9.17, 15) is 22.8 Å². The number of allylic oxidation sites excluding steroid dienone is 1. The van der Waals surface area contributed by atoms with Crippen molar-refractivity contribution in [3.05, 3.63) is 69.4 Å². The van der Waals surface area contributed by atoms with Gasteiger partial charge in [-0.25, -0.2) is 9.48 Å². The smallest absolute Gasteiger partial charge is 0.381 e. The summed E-state index contributed by atoms with van der Waals surface area (Å²) in [5.41, 5.74) is 8.54. The highest BCUT2D eigenvalue weighted by Gasteiger charge is 2.44. The second-order valence-corrected chi connectivity index (χ2v) is 9.66. The summed E-state index contributed by atoms with van der Waals surface area (Å²) in [6.07, 6.45) is -2.79. The third-order valence-corrected chi connectivity index (χ3v) is 6.85. The minimum absolute atomic E-state index is 0.0849. The molecule has 5 rings (SSSR count). The van der Waals surface area contributed by atoms with Crippen molar-refractivity contribution in [3.8, 4) is 11.1 Å². The molecule has 0 bridgehead atoms. The summed E-state index contributed by atoms with van der Waals surface area (Å²) in [5, 5.41) is 15.6. The molecule has 1 aliphatic rings. The fourth-order valence-electron chi connectivity index (χ4n) is 4.32. The van der Waals surface area contributed by atoms with Gasteiger partial charge < -0.3 is 15.9 Å². The molecule has 1 aliphatic heterocycles. The van der Waals surface area contributed by atoms with Crippen LogP contribution in [0.4, 0.5) is 24.8 Å². The minimum atomic E-state index is -5.26. The number of anilines is 2. The van der Waals surface area contributed by atoms with Gasteiger partial charge in [-0.15, -0.1) is 0 Å². The second-order valence-electron chi connectivity index (χ2n) is 8.50. The van der Waals surface area contributed by atoms with Crippen LogP contribution in [0.25, 0.3) is 22.0 Å². The largest absolute Gasteiger partial charge is 0.493 e. The standard InChI is InChI=1S/C24H18BrClF3N7O3/c1-11(13-10-14(26)16-18(32-33-19(16)25)15(13)12-6-3-2-4-7-12)31-21(37)17-20(30)34-35-8-5-9-36(22(17)35)39-23(38)24(27,28)29/h2-7,9-11H,8H2,1H3,(H2,30,34)(H,31,37)(H,32,33). The van der Waals surface area contributed by atoms with Crippen molar-refractivity contribution >= 4 is 61.9 Å². The molecule has 2 aromatic carbocycles. The lowest BCUT2D eigenvalue weighted by Gasteiger charge is -2.25. The van der Waals surface area contributed by atoms with Crippen LogP contribution in [0.2, 0.25) is 5.02 Å². The third-order valence-electron chi connectivity index (χ3n) is 5.98. The minimum Gasteiger partial charge on any atom is -0.381 e. The molecule has 0 radical (unpaired) electrons. The maximum Gasteiger partial charge on any atom is 0.493 e. The van der Waals surface area contributed by atoms with E-state index in [4.69, 9.17) is 17.3 Å². The Bertz CT molecular complexity index is 1640. The van der Waals surface area contributed by atoms with E-state index < -0.39 is 24.1 Å². The molecule has 0 saturated heterocycles. The van der Waals surface area contributed by atoms with Crippen molar-refractivity contribution in [3.63, 3.8) is 0 Å². The molecule has 0 aliphatic carbocycles. The fraction of sp³-hybridized carbons (Fsp3) is 0.167. The van der Waals surface area contributed by atoms with Crippen molar-refractivity contribution in [2.75, 3.05) is 10.8 Å². The predicted molar refractivity (Wildman–Crippen MR) is 141 cm³/mol. The molecule has 15 heteroatoms. The Labute approximate surface area is 231 Å². The Balaban J connectivity index is 1.53. The number of amides is 1. The van der Waals surface area contributed by atoms with E-state index >= 15 is 0 Å². The highest BCUT2D eigenvalue weighted by atomic mass is 79.9. The van der Waals surface area contributed by atoms with E-state index in [0.29, 0.717) is 31.2 Å². The molecular formula is C24H18BrClF3N7O3. The molecular weight excluding hydrogens is 607 g/mol. The molecule has 2 aromatic heterocycles. The lowest BCUT2D eigenvalue weighted by atomic mass is 9.93. The van der Waals surface area contributed by atoms with Crippen LogP contribution in [0, 0.1) is 0 Å². The van der Waals surface area contributed by atoms with E-state index in [1.165, 1.54) is 6.08 Å². The summed E-state index contributed by atoms with van der Waals surface area (Å²) in [7, 11) is 0. The number of benzene rings is 2. The summed E-state index contributed by atoms with van der Waals surface area (Å²) in [6.45, 7) is 1.79. The molecule has 1 unspecified atom stereocenters. The maximum absolute atomic E-state index is 13.5. The average Bonchev–Trinajstić information content (AvgIpc) is 3.44. The number of nitrogens with zero attached hydrogens (tertiary/aromatic N) is 4. The average molecular weight is 625 g/mol. The summed E-state index contributed by atoms with van der Waals surface area (Å²) < 4.78 is 40.2. The Morgan fingerprint density at radius 1 is 1.28 bits per heavy atom. The number of hydrogen-bond donors (Lipinski definition) is 3. The lowest BCUT2D eigenvalue weighted by molar-refractivity contribution is -0.200. The van der Waals surface area contributed by atoms with Gasteiger partial charge in [0.25, 0.3) is 5.91 Å². The van der Waals surface area contributed by atoms with Gasteiger partial charge in [-0.1, -0.05) is 41.9 Å². The number of halogens is 5. The normalized spacial score (nSPS) is 13.8. The van der Waals surface area contributed by atoms with E-state index in [0.717, 1.165) is 22.0 Å². The van der Waals surface area contributed by atoms with Gasteiger partial charge in [-0.2, -0.15) is 28.4 Å². The molecule has 0 spiro atoms. The molecule has 0 saturated carbocycles. The van der Waals surface area contributed by atoms with Crippen molar-refractivity contribution in [1.29, 1.82) is 0 Å². The highest BCUT2D eigenvalue weighted by molar-refractivity contribution is 9.10.